The molecule has 1 saturated heterocycles. The second-order valence-corrected chi connectivity index (χ2v) is 5.52. The molecule has 1 unspecified atom stereocenters. The zero-order chi connectivity index (χ0) is 15.4. The van der Waals surface area contributed by atoms with Gasteiger partial charge in [-0.1, -0.05) is 37.3 Å². The lowest BCUT2D eigenvalue weighted by atomic mass is 10.0. The van der Waals surface area contributed by atoms with Crippen molar-refractivity contribution in [1.29, 1.82) is 0 Å². The first kappa shape index (κ1) is 14.7. The van der Waals surface area contributed by atoms with Gasteiger partial charge in [-0.05, 0) is 12.0 Å². The lowest BCUT2D eigenvalue weighted by molar-refractivity contribution is -0.129. The lowest BCUT2D eigenvalue weighted by Gasteiger charge is -2.34. The smallest absolute Gasteiger partial charge is 0.237 e. The third-order valence-corrected chi connectivity index (χ3v) is 3.96. The summed E-state index contributed by atoms with van der Waals surface area (Å²) in [5, 5.41) is 10.1. The zero-order valence-electron chi connectivity index (χ0n) is 12.7. The molecule has 1 atom stereocenters. The number of nitrogens with one attached hydrogen (secondary N) is 2. The molecule has 22 heavy (non-hydrogen) atoms. The van der Waals surface area contributed by atoms with Crippen LogP contribution in [0.1, 0.15) is 24.1 Å². The molecular formula is C16H21N5O. The highest BCUT2D eigenvalue weighted by atomic mass is 16.2. The van der Waals surface area contributed by atoms with Gasteiger partial charge in [0.25, 0.3) is 0 Å². The van der Waals surface area contributed by atoms with Gasteiger partial charge in [0.05, 0.1) is 12.6 Å². The van der Waals surface area contributed by atoms with Gasteiger partial charge >= 0.3 is 0 Å². The first-order chi connectivity index (χ1) is 10.8. The molecule has 2 heterocycles. The highest BCUT2D eigenvalue weighted by Gasteiger charge is 2.30. The van der Waals surface area contributed by atoms with Crippen molar-refractivity contribution in [2.45, 2.75) is 32.4 Å². The molecule has 6 heteroatoms. The summed E-state index contributed by atoms with van der Waals surface area (Å²) in [6.07, 6.45) is 1.52. The van der Waals surface area contributed by atoms with Crippen molar-refractivity contribution in [2.75, 3.05) is 13.1 Å². The topological polar surface area (TPSA) is 73.9 Å². The van der Waals surface area contributed by atoms with E-state index >= 15 is 0 Å². The molecule has 2 aromatic rings. The number of aromatic nitrogens is 3. The van der Waals surface area contributed by atoms with Crippen LogP contribution in [0.15, 0.2) is 30.3 Å². The van der Waals surface area contributed by atoms with Crippen molar-refractivity contribution in [3.63, 3.8) is 0 Å². The quantitative estimate of drug-likeness (QED) is 0.860. The maximum absolute atomic E-state index is 12.3. The van der Waals surface area contributed by atoms with Crippen molar-refractivity contribution in [3.05, 3.63) is 47.5 Å². The van der Waals surface area contributed by atoms with E-state index in [2.05, 4.69) is 37.5 Å². The van der Waals surface area contributed by atoms with Crippen LogP contribution in [-0.4, -0.2) is 45.1 Å². The van der Waals surface area contributed by atoms with E-state index in [0.29, 0.717) is 19.5 Å². The number of benzene rings is 1. The van der Waals surface area contributed by atoms with Crippen molar-refractivity contribution >= 4 is 5.91 Å². The van der Waals surface area contributed by atoms with Gasteiger partial charge in [-0.25, -0.2) is 4.98 Å². The van der Waals surface area contributed by atoms with Gasteiger partial charge in [0.1, 0.15) is 11.6 Å². The Morgan fingerprint density at radius 3 is 2.86 bits per heavy atom. The maximum atomic E-state index is 12.3. The predicted octanol–water partition coefficient (Wildman–Crippen LogP) is 0.910. The normalized spacial score (nSPS) is 19.1. The molecule has 0 spiro atoms. The number of hydrogen-bond donors (Lipinski definition) is 2. The molecule has 1 fully saturated rings. The van der Waals surface area contributed by atoms with E-state index in [-0.39, 0.29) is 11.9 Å². The minimum Gasteiger partial charge on any atom is -0.353 e. The summed E-state index contributed by atoms with van der Waals surface area (Å²) in [4.78, 5) is 18.9. The molecule has 0 radical (unpaired) electrons. The minimum absolute atomic E-state index is 0.0883. The first-order valence-electron chi connectivity index (χ1n) is 7.72. The van der Waals surface area contributed by atoms with Crippen LogP contribution in [-0.2, 0) is 24.2 Å². The Balaban J connectivity index is 1.73. The summed E-state index contributed by atoms with van der Waals surface area (Å²) >= 11 is 0. The number of aromatic amines is 1. The van der Waals surface area contributed by atoms with Crippen LogP contribution >= 0.6 is 0 Å². The molecular weight excluding hydrogens is 278 g/mol. The Morgan fingerprint density at radius 1 is 1.32 bits per heavy atom. The van der Waals surface area contributed by atoms with Crippen molar-refractivity contribution in [2.24, 2.45) is 0 Å². The van der Waals surface area contributed by atoms with E-state index in [0.717, 1.165) is 24.6 Å². The third kappa shape index (κ3) is 3.33. The van der Waals surface area contributed by atoms with Crippen LogP contribution in [0.3, 0.4) is 0 Å². The van der Waals surface area contributed by atoms with Crippen LogP contribution < -0.4 is 5.32 Å². The number of hydrogen-bond acceptors (Lipinski definition) is 4. The molecule has 1 aliphatic heterocycles. The predicted molar refractivity (Wildman–Crippen MR) is 83.1 cm³/mol. The fraction of sp³-hybridized carbons (Fsp3) is 0.438. The maximum Gasteiger partial charge on any atom is 0.237 e. The van der Waals surface area contributed by atoms with Crippen LogP contribution in [0, 0.1) is 0 Å². The Kier molecular flexibility index (Phi) is 4.48. The Bertz CT molecular complexity index is 624. The van der Waals surface area contributed by atoms with E-state index in [1.807, 2.05) is 25.1 Å². The fourth-order valence-corrected chi connectivity index (χ4v) is 2.77. The van der Waals surface area contributed by atoms with Gasteiger partial charge < -0.3 is 5.32 Å². The van der Waals surface area contributed by atoms with Gasteiger partial charge in [-0.15, -0.1) is 0 Å². The van der Waals surface area contributed by atoms with Crippen molar-refractivity contribution in [1.82, 2.24) is 25.4 Å². The monoisotopic (exact) mass is 299 g/mol. The molecule has 1 aromatic carbocycles. The van der Waals surface area contributed by atoms with Crippen LogP contribution in [0.4, 0.5) is 0 Å². The number of H-pyrrole nitrogens is 1. The summed E-state index contributed by atoms with van der Waals surface area (Å²) in [5.41, 5.74) is 1.17. The molecule has 1 aliphatic rings. The largest absolute Gasteiger partial charge is 0.353 e. The molecule has 116 valence electrons. The Hall–Kier alpha value is -2.21. The number of aryl methyl sites for hydroxylation is 1. The van der Waals surface area contributed by atoms with Gasteiger partial charge in [0.2, 0.25) is 5.91 Å². The molecule has 1 amide bonds. The Labute approximate surface area is 129 Å². The van der Waals surface area contributed by atoms with Crippen LogP contribution in [0.25, 0.3) is 0 Å². The number of nitrogens with zero attached hydrogens (tertiary/aromatic N) is 3. The highest BCUT2D eigenvalue weighted by molar-refractivity contribution is 5.82. The Morgan fingerprint density at radius 2 is 2.14 bits per heavy atom. The minimum atomic E-state index is -0.161. The molecule has 2 N–H and O–H groups in total. The third-order valence-electron chi connectivity index (χ3n) is 3.96. The molecule has 6 nitrogen and oxygen atoms in total. The summed E-state index contributed by atoms with van der Waals surface area (Å²) in [6.45, 7) is 4.15. The second kappa shape index (κ2) is 6.70. The average molecular weight is 299 g/mol. The van der Waals surface area contributed by atoms with Crippen molar-refractivity contribution in [3.8, 4) is 0 Å². The number of carbonyl (C=O) groups excluding carboxylic acids is 1. The van der Waals surface area contributed by atoms with E-state index in [4.69, 9.17) is 0 Å². The van der Waals surface area contributed by atoms with Gasteiger partial charge in [-0.2, -0.15) is 5.10 Å². The summed E-state index contributed by atoms with van der Waals surface area (Å²) in [6, 6.07) is 9.96. The van der Waals surface area contributed by atoms with E-state index in [9.17, 15) is 4.79 Å². The summed E-state index contributed by atoms with van der Waals surface area (Å²) in [7, 11) is 0. The van der Waals surface area contributed by atoms with Gasteiger partial charge in [-0.3, -0.25) is 14.8 Å². The highest BCUT2D eigenvalue weighted by Crippen LogP contribution is 2.14. The number of rotatable bonds is 5. The van der Waals surface area contributed by atoms with E-state index in [1.54, 1.807) is 0 Å². The van der Waals surface area contributed by atoms with Gasteiger partial charge in [0, 0.05) is 19.5 Å². The summed E-state index contributed by atoms with van der Waals surface area (Å²) in [5.74, 6) is 1.73. The molecule has 0 saturated carbocycles. The van der Waals surface area contributed by atoms with Crippen LogP contribution in [0.2, 0.25) is 0 Å². The fourth-order valence-electron chi connectivity index (χ4n) is 2.77. The number of piperazine rings is 1. The zero-order valence-corrected chi connectivity index (χ0v) is 12.7. The molecule has 0 aliphatic carbocycles. The second-order valence-electron chi connectivity index (χ2n) is 5.52. The molecule has 0 bridgehead atoms. The van der Waals surface area contributed by atoms with E-state index < -0.39 is 0 Å². The van der Waals surface area contributed by atoms with Crippen molar-refractivity contribution < 1.29 is 4.79 Å². The standard InChI is InChI=1S/C16H21N5O/c1-2-14-18-15(20-19-14)11-21-9-8-17-16(22)13(21)10-12-6-4-3-5-7-12/h3-7,13H,2,8-11H2,1H3,(H,17,22)(H,18,19,20). The SMILES string of the molecule is CCc1n[nH]c(CN2CCNC(=O)C2Cc2ccccc2)n1. The van der Waals surface area contributed by atoms with Gasteiger partial charge in [0.15, 0.2) is 0 Å². The average Bonchev–Trinajstić information content (AvgIpc) is 2.99. The number of carbonyl (C=O) groups is 1. The van der Waals surface area contributed by atoms with E-state index in [1.165, 1.54) is 5.56 Å². The number of amides is 1. The lowest BCUT2D eigenvalue weighted by Crippen LogP contribution is -2.55. The first-order valence-corrected chi connectivity index (χ1v) is 7.72. The molecule has 3 rings (SSSR count). The summed E-state index contributed by atoms with van der Waals surface area (Å²) < 4.78 is 0. The van der Waals surface area contributed by atoms with Crippen LogP contribution in [0.5, 0.6) is 0 Å². The molecule has 1 aromatic heterocycles.